The Morgan fingerprint density at radius 3 is 2.33 bits per heavy atom. The minimum Gasteiger partial charge on any atom is -0.507 e. The first-order chi connectivity index (χ1) is 19.2. The minimum absolute atomic E-state index is 0.116. The molecule has 0 aliphatic carbocycles. The summed E-state index contributed by atoms with van der Waals surface area (Å²) in [7, 11) is 3.02. The number of benzene rings is 2. The second kappa shape index (κ2) is 11.8. The van der Waals surface area contributed by atoms with Gasteiger partial charge in [0.25, 0.3) is 5.78 Å². The minimum atomic E-state index is -1.08. The number of methoxy groups -OCH3 is 2. The molecule has 1 N–H and O–H groups in total. The normalized spacial score (nSPS) is 16.2. The van der Waals surface area contributed by atoms with Gasteiger partial charge in [0, 0.05) is 5.56 Å². The van der Waals surface area contributed by atoms with Crippen LogP contribution in [0.3, 0.4) is 0 Å². The van der Waals surface area contributed by atoms with Gasteiger partial charge in [0.1, 0.15) is 16.4 Å². The van der Waals surface area contributed by atoms with Crippen molar-refractivity contribution in [3.8, 4) is 17.2 Å². The summed E-state index contributed by atoms with van der Waals surface area (Å²) in [5.41, 5.74) is 1.76. The van der Waals surface area contributed by atoms with Gasteiger partial charge in [0.2, 0.25) is 0 Å². The quantitative estimate of drug-likeness (QED) is 0.165. The number of carbonyl (C=O) groups is 3. The highest BCUT2D eigenvalue weighted by molar-refractivity contribution is 7.17. The van der Waals surface area contributed by atoms with Crippen LogP contribution in [-0.2, 0) is 14.3 Å². The molecule has 0 unspecified atom stereocenters. The van der Waals surface area contributed by atoms with Gasteiger partial charge in [0.15, 0.2) is 16.6 Å². The Balaban J connectivity index is 1.95. The third-order valence-corrected chi connectivity index (χ3v) is 7.50. The van der Waals surface area contributed by atoms with E-state index in [9.17, 15) is 19.5 Å². The van der Waals surface area contributed by atoms with Gasteiger partial charge >= 0.3 is 11.9 Å². The number of hydrogen-bond acceptors (Lipinski definition) is 10. The highest BCUT2D eigenvalue weighted by Crippen LogP contribution is 2.45. The first-order valence-electron chi connectivity index (χ1n) is 12.6. The lowest BCUT2D eigenvalue weighted by Gasteiger charge is -2.24. The van der Waals surface area contributed by atoms with Crippen molar-refractivity contribution in [1.29, 1.82) is 0 Å². The van der Waals surface area contributed by atoms with Crippen LogP contribution in [0, 0.1) is 13.8 Å². The molecule has 1 fully saturated rings. The fourth-order valence-electron chi connectivity index (χ4n) is 4.53. The number of aromatic nitrogens is 1. The maximum atomic E-state index is 13.5. The van der Waals surface area contributed by atoms with Gasteiger partial charge < -0.3 is 24.1 Å². The Morgan fingerprint density at radius 1 is 1.00 bits per heavy atom. The number of hydrogen-bond donors (Lipinski definition) is 1. The van der Waals surface area contributed by atoms with E-state index in [-0.39, 0.29) is 27.9 Å². The number of anilines is 1. The number of ketones is 1. The average Bonchev–Trinajstić information content (AvgIpc) is 3.45. The number of Topliss-reactive ketones (excluding diaryl/α,β-unsaturated/α-hetero) is 1. The highest BCUT2D eigenvalue weighted by atomic mass is 32.1. The number of amides is 1. The zero-order valence-corrected chi connectivity index (χ0v) is 23.9. The van der Waals surface area contributed by atoms with Gasteiger partial charge in [-0.1, -0.05) is 17.4 Å². The molecule has 1 aliphatic rings. The molecule has 10 nitrogen and oxygen atoms in total. The Bertz CT molecular complexity index is 1510. The predicted octanol–water partition coefficient (Wildman–Crippen LogP) is 4.98. The van der Waals surface area contributed by atoms with Crippen LogP contribution in [-0.4, -0.2) is 55.2 Å². The van der Waals surface area contributed by atoms with Gasteiger partial charge in [-0.3, -0.25) is 14.5 Å². The fourth-order valence-corrected chi connectivity index (χ4v) is 5.51. The molecule has 40 heavy (non-hydrogen) atoms. The van der Waals surface area contributed by atoms with E-state index < -0.39 is 23.7 Å². The lowest BCUT2D eigenvalue weighted by molar-refractivity contribution is -0.132. The van der Waals surface area contributed by atoms with Crippen LogP contribution in [0.4, 0.5) is 5.13 Å². The summed E-state index contributed by atoms with van der Waals surface area (Å²) in [5, 5.41) is 11.6. The van der Waals surface area contributed by atoms with E-state index >= 15 is 0 Å². The number of ether oxygens (including phenoxy) is 4. The number of aliphatic hydroxyl groups excluding tert-OH is 1. The molecule has 0 bridgehead atoms. The number of thiazole rings is 1. The van der Waals surface area contributed by atoms with Crippen LogP contribution in [0.25, 0.3) is 5.76 Å². The SMILES string of the molecule is CCOC(=O)c1sc(N2C(=O)C(=O)C(=C(O)c3ccc(OC)c(C)c3)[C@@H]2c2ccc(OCC)c(OC)c2)nc1C. The molecule has 210 valence electrons. The fraction of sp³-hybridized carbons (Fsp3) is 0.310. The summed E-state index contributed by atoms with van der Waals surface area (Å²) in [4.78, 5) is 45.4. The lowest BCUT2D eigenvalue weighted by Crippen LogP contribution is -2.29. The summed E-state index contributed by atoms with van der Waals surface area (Å²) in [6, 6.07) is 8.88. The largest absolute Gasteiger partial charge is 0.507 e. The second-order valence-corrected chi connectivity index (χ2v) is 9.81. The molecule has 3 aromatic rings. The summed E-state index contributed by atoms with van der Waals surface area (Å²) >= 11 is 0.938. The van der Waals surface area contributed by atoms with Crippen molar-refractivity contribution in [3.63, 3.8) is 0 Å². The van der Waals surface area contributed by atoms with Crippen molar-refractivity contribution in [2.24, 2.45) is 0 Å². The topological polar surface area (TPSA) is 124 Å². The van der Waals surface area contributed by atoms with E-state index in [0.29, 0.717) is 40.7 Å². The summed E-state index contributed by atoms with van der Waals surface area (Å²) in [5.74, 6) is -1.26. The number of rotatable bonds is 9. The first kappa shape index (κ1) is 28.6. The van der Waals surface area contributed by atoms with Crippen molar-refractivity contribution in [2.75, 3.05) is 32.3 Å². The van der Waals surface area contributed by atoms with Crippen LogP contribution in [0.1, 0.15) is 51.9 Å². The van der Waals surface area contributed by atoms with Gasteiger partial charge in [0.05, 0.1) is 44.7 Å². The molecule has 1 amide bonds. The summed E-state index contributed by atoms with van der Waals surface area (Å²) in [6.07, 6.45) is 0. The molecular weight excluding hydrogens is 536 g/mol. The van der Waals surface area contributed by atoms with Crippen molar-refractivity contribution in [3.05, 3.63) is 69.2 Å². The molecular formula is C29H30N2O8S. The third-order valence-electron chi connectivity index (χ3n) is 6.37. The zero-order chi connectivity index (χ0) is 29.1. The van der Waals surface area contributed by atoms with E-state index in [2.05, 4.69) is 4.98 Å². The van der Waals surface area contributed by atoms with Crippen LogP contribution >= 0.6 is 11.3 Å². The molecule has 1 aliphatic heterocycles. The molecule has 4 rings (SSSR count). The lowest BCUT2D eigenvalue weighted by atomic mass is 9.94. The van der Waals surface area contributed by atoms with Gasteiger partial charge in [-0.2, -0.15) is 0 Å². The molecule has 1 atom stereocenters. The molecule has 2 aromatic carbocycles. The Hall–Kier alpha value is -4.38. The number of aliphatic hydroxyl groups is 1. The van der Waals surface area contributed by atoms with Crippen molar-refractivity contribution < 1.29 is 38.4 Å². The Labute approximate surface area is 235 Å². The van der Waals surface area contributed by atoms with E-state index in [1.54, 1.807) is 57.2 Å². The number of nitrogens with zero attached hydrogens (tertiary/aromatic N) is 2. The number of esters is 1. The zero-order valence-electron chi connectivity index (χ0n) is 23.1. The van der Waals surface area contributed by atoms with Crippen LogP contribution < -0.4 is 19.1 Å². The Kier molecular flexibility index (Phi) is 8.43. The smallest absolute Gasteiger partial charge is 0.350 e. The highest BCUT2D eigenvalue weighted by Gasteiger charge is 2.48. The standard InChI is InChI=1S/C29H30N2O8S/c1-7-38-20-12-9-17(14-21(20)37-6)23-22(24(32)18-10-11-19(36-5)15(3)13-18)25(33)27(34)31(23)29-30-16(4)26(40-29)28(35)39-8-2/h9-14,23,32H,7-8H2,1-6H3/t23-/m0/s1. The second-order valence-electron chi connectivity index (χ2n) is 8.83. The maximum Gasteiger partial charge on any atom is 0.350 e. The number of aryl methyl sites for hydroxylation is 2. The van der Waals surface area contributed by atoms with Crippen LogP contribution in [0.5, 0.6) is 17.2 Å². The van der Waals surface area contributed by atoms with Gasteiger partial charge in [-0.15, -0.1) is 0 Å². The van der Waals surface area contributed by atoms with Crippen LogP contribution in [0.15, 0.2) is 42.0 Å². The monoisotopic (exact) mass is 566 g/mol. The average molecular weight is 567 g/mol. The van der Waals surface area contributed by atoms with E-state index in [1.165, 1.54) is 19.1 Å². The van der Waals surface area contributed by atoms with Crippen LogP contribution in [0.2, 0.25) is 0 Å². The molecule has 1 aromatic heterocycles. The van der Waals surface area contributed by atoms with E-state index in [0.717, 1.165) is 16.9 Å². The molecule has 2 heterocycles. The molecule has 0 saturated carbocycles. The Morgan fingerprint density at radius 2 is 1.70 bits per heavy atom. The van der Waals surface area contributed by atoms with Gasteiger partial charge in [-0.25, -0.2) is 9.78 Å². The molecule has 0 spiro atoms. The maximum absolute atomic E-state index is 13.5. The first-order valence-corrected chi connectivity index (χ1v) is 13.4. The number of carbonyl (C=O) groups excluding carboxylic acids is 3. The van der Waals surface area contributed by atoms with Gasteiger partial charge in [-0.05, 0) is 69.2 Å². The summed E-state index contributed by atoms with van der Waals surface area (Å²) in [6.45, 7) is 7.53. The van der Waals surface area contributed by atoms with E-state index in [1.807, 2.05) is 6.92 Å². The molecule has 1 saturated heterocycles. The predicted molar refractivity (Wildman–Crippen MR) is 149 cm³/mol. The van der Waals surface area contributed by atoms with Crippen molar-refractivity contribution in [2.45, 2.75) is 33.7 Å². The third kappa shape index (κ3) is 5.12. The summed E-state index contributed by atoms with van der Waals surface area (Å²) < 4.78 is 21.6. The van der Waals surface area contributed by atoms with Crippen molar-refractivity contribution in [1.82, 2.24) is 4.98 Å². The van der Waals surface area contributed by atoms with Crippen molar-refractivity contribution >= 4 is 39.9 Å². The molecule has 11 heteroatoms. The van der Waals surface area contributed by atoms with E-state index in [4.69, 9.17) is 18.9 Å². The molecule has 0 radical (unpaired) electrons.